The van der Waals surface area contributed by atoms with Crippen LogP contribution in [0.15, 0.2) is 24.3 Å². The topological polar surface area (TPSA) is 12.0 Å². The highest BCUT2D eigenvalue weighted by Gasteiger charge is 2.23. The molecule has 2 heteroatoms. The van der Waals surface area contributed by atoms with Crippen LogP contribution >= 0.6 is 0 Å². The minimum atomic E-state index is -0.137. The van der Waals surface area contributed by atoms with E-state index in [2.05, 4.69) is 5.32 Å². The summed E-state index contributed by atoms with van der Waals surface area (Å²) in [5.41, 5.74) is 1.27. The van der Waals surface area contributed by atoms with Crippen molar-refractivity contribution in [1.82, 2.24) is 5.32 Å². The van der Waals surface area contributed by atoms with Gasteiger partial charge in [0.15, 0.2) is 0 Å². The Kier molecular flexibility index (Phi) is 5.18. The molecule has 18 heavy (non-hydrogen) atoms. The molecule has 0 spiro atoms. The van der Waals surface area contributed by atoms with Crippen LogP contribution in [-0.2, 0) is 6.42 Å². The van der Waals surface area contributed by atoms with Crippen molar-refractivity contribution < 1.29 is 4.39 Å². The van der Waals surface area contributed by atoms with Crippen molar-refractivity contribution in [2.75, 3.05) is 13.6 Å². The molecule has 1 fully saturated rings. The van der Waals surface area contributed by atoms with Crippen LogP contribution in [0.2, 0.25) is 0 Å². The second-order valence-corrected chi connectivity index (χ2v) is 5.55. The van der Waals surface area contributed by atoms with Crippen LogP contribution in [0.1, 0.15) is 37.7 Å². The smallest absolute Gasteiger partial charge is 0.123 e. The molecule has 1 aromatic rings. The molecule has 0 bridgehead atoms. The quantitative estimate of drug-likeness (QED) is 0.837. The van der Waals surface area contributed by atoms with Crippen molar-refractivity contribution in [3.05, 3.63) is 35.6 Å². The largest absolute Gasteiger partial charge is 0.319 e. The number of rotatable bonds is 5. The Balaban J connectivity index is 1.98. The van der Waals surface area contributed by atoms with Gasteiger partial charge in [-0.05, 0) is 49.5 Å². The second-order valence-electron chi connectivity index (χ2n) is 5.55. The normalized spacial score (nSPS) is 18.8. The van der Waals surface area contributed by atoms with Gasteiger partial charge in [0.25, 0.3) is 0 Å². The fourth-order valence-corrected chi connectivity index (χ4v) is 3.20. The van der Waals surface area contributed by atoms with Gasteiger partial charge in [0.1, 0.15) is 5.82 Å². The first-order valence-corrected chi connectivity index (χ1v) is 7.18. The third-order valence-corrected chi connectivity index (χ3v) is 4.19. The van der Waals surface area contributed by atoms with Gasteiger partial charge in [-0.2, -0.15) is 0 Å². The second kappa shape index (κ2) is 6.89. The first-order valence-electron chi connectivity index (χ1n) is 7.18. The van der Waals surface area contributed by atoms with Crippen LogP contribution in [0.3, 0.4) is 0 Å². The molecule has 1 nitrogen and oxygen atoms in total. The Hall–Kier alpha value is -0.890. The van der Waals surface area contributed by atoms with Crippen molar-refractivity contribution >= 4 is 0 Å². The van der Waals surface area contributed by atoms with Crippen LogP contribution in [-0.4, -0.2) is 13.6 Å². The summed E-state index contributed by atoms with van der Waals surface area (Å²) in [4.78, 5) is 0. The molecule has 1 atom stereocenters. The highest BCUT2D eigenvalue weighted by molar-refractivity contribution is 5.16. The maximum Gasteiger partial charge on any atom is 0.123 e. The van der Waals surface area contributed by atoms with Crippen LogP contribution in [0.25, 0.3) is 0 Å². The Labute approximate surface area is 110 Å². The zero-order chi connectivity index (χ0) is 12.8. The van der Waals surface area contributed by atoms with E-state index < -0.39 is 0 Å². The Bertz CT molecular complexity index is 341. The lowest BCUT2D eigenvalue weighted by Crippen LogP contribution is -2.29. The van der Waals surface area contributed by atoms with E-state index in [9.17, 15) is 4.39 Å². The Morgan fingerprint density at radius 3 is 2.44 bits per heavy atom. The molecule has 0 heterocycles. The monoisotopic (exact) mass is 249 g/mol. The Morgan fingerprint density at radius 2 is 1.83 bits per heavy atom. The number of nitrogens with one attached hydrogen (secondary N) is 1. The summed E-state index contributed by atoms with van der Waals surface area (Å²) in [5.74, 6) is 1.40. The summed E-state index contributed by atoms with van der Waals surface area (Å²) in [5, 5.41) is 3.32. The molecule has 1 saturated carbocycles. The minimum absolute atomic E-state index is 0.137. The van der Waals surface area contributed by atoms with Crippen LogP contribution in [0.4, 0.5) is 4.39 Å². The predicted molar refractivity (Wildman–Crippen MR) is 74.1 cm³/mol. The van der Waals surface area contributed by atoms with Crippen LogP contribution in [0.5, 0.6) is 0 Å². The lowest BCUT2D eigenvalue weighted by atomic mass is 9.77. The van der Waals surface area contributed by atoms with Gasteiger partial charge in [-0.3, -0.25) is 0 Å². The molecular weight excluding hydrogens is 225 g/mol. The molecule has 1 N–H and O–H groups in total. The summed E-state index contributed by atoms with van der Waals surface area (Å²) < 4.78 is 12.9. The average molecular weight is 249 g/mol. The fourth-order valence-electron chi connectivity index (χ4n) is 3.20. The number of hydrogen-bond donors (Lipinski definition) is 1. The summed E-state index contributed by atoms with van der Waals surface area (Å²) >= 11 is 0. The third kappa shape index (κ3) is 3.81. The van der Waals surface area contributed by atoms with Gasteiger partial charge in [0, 0.05) is 0 Å². The Morgan fingerprint density at radius 1 is 1.17 bits per heavy atom. The van der Waals surface area contributed by atoms with E-state index in [1.165, 1.54) is 37.7 Å². The maximum absolute atomic E-state index is 12.9. The zero-order valence-corrected chi connectivity index (χ0v) is 11.3. The molecule has 0 aliphatic heterocycles. The summed E-state index contributed by atoms with van der Waals surface area (Å²) in [6, 6.07) is 7.01. The summed E-state index contributed by atoms with van der Waals surface area (Å²) in [6.45, 7) is 1.07. The summed E-state index contributed by atoms with van der Waals surface area (Å²) in [7, 11) is 2.03. The van der Waals surface area contributed by atoms with E-state index >= 15 is 0 Å². The highest BCUT2D eigenvalue weighted by Crippen LogP contribution is 2.31. The third-order valence-electron chi connectivity index (χ3n) is 4.19. The van der Waals surface area contributed by atoms with Crippen molar-refractivity contribution in [3.8, 4) is 0 Å². The van der Waals surface area contributed by atoms with Gasteiger partial charge >= 0.3 is 0 Å². The molecule has 2 rings (SSSR count). The number of hydrogen-bond acceptors (Lipinski definition) is 1. The number of halogens is 1. The van der Waals surface area contributed by atoms with E-state index in [1.54, 1.807) is 12.1 Å². The van der Waals surface area contributed by atoms with Gasteiger partial charge in [0.2, 0.25) is 0 Å². The summed E-state index contributed by atoms with van der Waals surface area (Å²) in [6.07, 6.45) is 7.98. The fraction of sp³-hybridized carbons (Fsp3) is 0.625. The molecule has 0 amide bonds. The van der Waals surface area contributed by atoms with E-state index in [0.29, 0.717) is 5.92 Å². The highest BCUT2D eigenvalue weighted by atomic mass is 19.1. The van der Waals surface area contributed by atoms with Gasteiger partial charge < -0.3 is 5.32 Å². The van der Waals surface area contributed by atoms with Gasteiger partial charge in [-0.1, -0.05) is 44.2 Å². The van der Waals surface area contributed by atoms with Crippen molar-refractivity contribution in [2.24, 2.45) is 11.8 Å². The number of benzene rings is 1. The van der Waals surface area contributed by atoms with Crippen molar-refractivity contribution in [3.63, 3.8) is 0 Å². The molecular formula is C16H24FN. The molecule has 1 unspecified atom stereocenters. The standard InChI is InChI=1S/C16H24FN/c1-18-12-15(14-5-3-2-4-6-14)11-13-7-9-16(17)10-8-13/h7-10,14-15,18H,2-6,11-12H2,1H3. The minimum Gasteiger partial charge on any atom is -0.319 e. The molecule has 0 radical (unpaired) electrons. The first kappa shape index (κ1) is 13.5. The van der Waals surface area contributed by atoms with E-state index in [0.717, 1.165) is 18.9 Å². The van der Waals surface area contributed by atoms with Gasteiger partial charge in [-0.25, -0.2) is 4.39 Å². The van der Waals surface area contributed by atoms with Crippen molar-refractivity contribution in [1.29, 1.82) is 0 Å². The molecule has 1 aliphatic rings. The van der Waals surface area contributed by atoms with E-state index in [4.69, 9.17) is 0 Å². The molecule has 0 aromatic heterocycles. The van der Waals surface area contributed by atoms with Crippen LogP contribution in [0, 0.1) is 17.7 Å². The lowest BCUT2D eigenvalue weighted by Gasteiger charge is -2.30. The van der Waals surface area contributed by atoms with Gasteiger partial charge in [0.05, 0.1) is 0 Å². The maximum atomic E-state index is 12.9. The molecule has 1 aromatic carbocycles. The van der Waals surface area contributed by atoms with Crippen LogP contribution < -0.4 is 5.32 Å². The SMILES string of the molecule is CNCC(Cc1ccc(F)cc1)C1CCCCC1. The molecule has 0 saturated heterocycles. The predicted octanol–water partition coefficient (Wildman–Crippen LogP) is 3.78. The first-order chi connectivity index (χ1) is 8.79. The van der Waals surface area contributed by atoms with E-state index in [-0.39, 0.29) is 5.82 Å². The van der Waals surface area contributed by atoms with Crippen molar-refractivity contribution in [2.45, 2.75) is 38.5 Å². The van der Waals surface area contributed by atoms with E-state index in [1.807, 2.05) is 19.2 Å². The average Bonchev–Trinajstić information content (AvgIpc) is 2.42. The van der Waals surface area contributed by atoms with Gasteiger partial charge in [-0.15, -0.1) is 0 Å². The molecule has 1 aliphatic carbocycles. The lowest BCUT2D eigenvalue weighted by molar-refractivity contribution is 0.243. The zero-order valence-electron chi connectivity index (χ0n) is 11.3. The molecule has 100 valence electrons.